The maximum atomic E-state index is 12.6. The van der Waals surface area contributed by atoms with Crippen LogP contribution in [-0.2, 0) is 6.54 Å². The van der Waals surface area contributed by atoms with Gasteiger partial charge in [0.2, 0.25) is 0 Å². The molecule has 0 heterocycles. The molecule has 6 nitrogen and oxygen atoms in total. The van der Waals surface area contributed by atoms with Gasteiger partial charge < -0.3 is 19.5 Å². The van der Waals surface area contributed by atoms with Gasteiger partial charge in [0.1, 0.15) is 23.0 Å². The second-order valence-corrected chi connectivity index (χ2v) is 7.25. The zero-order valence-corrected chi connectivity index (χ0v) is 18.3. The van der Waals surface area contributed by atoms with Crippen LogP contribution in [0, 0.1) is 11.3 Å². The summed E-state index contributed by atoms with van der Waals surface area (Å²) >= 11 is 12.3. The fourth-order valence-electron chi connectivity index (χ4n) is 2.81. The van der Waals surface area contributed by atoms with Crippen LogP contribution < -0.4 is 19.5 Å². The van der Waals surface area contributed by atoms with E-state index >= 15 is 0 Å². The molecule has 158 valence electrons. The summed E-state index contributed by atoms with van der Waals surface area (Å²) in [6, 6.07) is 16.8. The molecular weight excluding hydrogens is 439 g/mol. The third kappa shape index (κ3) is 5.60. The largest absolute Gasteiger partial charge is 0.497 e. The molecule has 3 rings (SSSR count). The minimum absolute atomic E-state index is 0.237. The van der Waals surface area contributed by atoms with E-state index in [4.69, 9.17) is 42.7 Å². The van der Waals surface area contributed by atoms with E-state index in [0.717, 1.165) is 5.56 Å². The smallest absolute Gasteiger partial charge is 0.255 e. The van der Waals surface area contributed by atoms with Gasteiger partial charge in [-0.05, 0) is 48.0 Å². The zero-order valence-electron chi connectivity index (χ0n) is 16.7. The van der Waals surface area contributed by atoms with E-state index in [-0.39, 0.29) is 12.5 Å². The fraction of sp³-hybridized carbons (Fsp3) is 0.130. The molecule has 0 bridgehead atoms. The third-order valence-corrected chi connectivity index (χ3v) is 4.86. The van der Waals surface area contributed by atoms with Crippen molar-refractivity contribution in [1.82, 2.24) is 5.32 Å². The number of carbonyl (C=O) groups excluding carboxylic acids is 1. The van der Waals surface area contributed by atoms with Gasteiger partial charge in [-0.1, -0.05) is 29.3 Å². The first kappa shape index (κ1) is 22.3. The van der Waals surface area contributed by atoms with Crippen LogP contribution in [0.4, 0.5) is 0 Å². The number of hydrogen-bond acceptors (Lipinski definition) is 5. The Morgan fingerprint density at radius 1 is 0.968 bits per heavy atom. The van der Waals surface area contributed by atoms with Gasteiger partial charge in [0.05, 0.1) is 36.4 Å². The topological polar surface area (TPSA) is 80.6 Å². The van der Waals surface area contributed by atoms with Crippen molar-refractivity contribution in [2.45, 2.75) is 6.54 Å². The van der Waals surface area contributed by atoms with Gasteiger partial charge in [-0.2, -0.15) is 5.26 Å². The molecule has 0 aliphatic heterocycles. The minimum Gasteiger partial charge on any atom is -0.497 e. The lowest BCUT2D eigenvalue weighted by Gasteiger charge is -2.12. The molecule has 1 amide bonds. The van der Waals surface area contributed by atoms with Crippen LogP contribution in [0.15, 0.2) is 54.6 Å². The van der Waals surface area contributed by atoms with E-state index in [0.29, 0.717) is 44.2 Å². The van der Waals surface area contributed by atoms with Crippen LogP contribution >= 0.6 is 23.2 Å². The van der Waals surface area contributed by atoms with E-state index in [1.807, 2.05) is 6.07 Å². The third-order valence-electron chi connectivity index (χ3n) is 4.33. The number of rotatable bonds is 7. The number of methoxy groups -OCH3 is 2. The molecule has 0 spiro atoms. The van der Waals surface area contributed by atoms with Gasteiger partial charge >= 0.3 is 0 Å². The van der Waals surface area contributed by atoms with Gasteiger partial charge in [0, 0.05) is 17.6 Å². The predicted molar refractivity (Wildman–Crippen MR) is 118 cm³/mol. The van der Waals surface area contributed by atoms with Crippen molar-refractivity contribution < 1.29 is 19.0 Å². The zero-order chi connectivity index (χ0) is 22.4. The molecule has 0 aliphatic carbocycles. The standard InChI is InChI=1S/C23H18Cl2N2O4/c1-29-17-4-5-19(21(11-17)30-2)23(28)27-13-14-3-6-20(25)22(9-14)31-18-8-15(12-26)7-16(24)10-18/h3-11H,13H2,1-2H3,(H,27,28). The molecule has 3 aromatic carbocycles. The Kier molecular flexibility index (Phi) is 7.24. The molecule has 0 radical (unpaired) electrons. The summed E-state index contributed by atoms with van der Waals surface area (Å²) in [5, 5.41) is 12.7. The number of hydrogen-bond donors (Lipinski definition) is 1. The van der Waals surface area contributed by atoms with E-state index < -0.39 is 0 Å². The van der Waals surface area contributed by atoms with Gasteiger partial charge in [-0.25, -0.2) is 0 Å². The maximum absolute atomic E-state index is 12.6. The highest BCUT2D eigenvalue weighted by Crippen LogP contribution is 2.32. The number of benzene rings is 3. The number of ether oxygens (including phenoxy) is 3. The summed E-state index contributed by atoms with van der Waals surface area (Å²) in [4.78, 5) is 12.6. The van der Waals surface area contributed by atoms with E-state index in [2.05, 4.69) is 5.32 Å². The molecule has 8 heteroatoms. The maximum Gasteiger partial charge on any atom is 0.255 e. The monoisotopic (exact) mass is 456 g/mol. The average molecular weight is 457 g/mol. The Morgan fingerprint density at radius 3 is 2.48 bits per heavy atom. The van der Waals surface area contributed by atoms with Crippen LogP contribution in [0.3, 0.4) is 0 Å². The van der Waals surface area contributed by atoms with Crippen LogP contribution in [0.5, 0.6) is 23.0 Å². The first-order valence-electron chi connectivity index (χ1n) is 9.10. The number of nitrogens with zero attached hydrogens (tertiary/aromatic N) is 1. The number of amides is 1. The number of nitrogens with one attached hydrogen (secondary N) is 1. The van der Waals surface area contributed by atoms with Gasteiger partial charge in [-0.15, -0.1) is 0 Å². The average Bonchev–Trinajstić information content (AvgIpc) is 2.78. The van der Waals surface area contributed by atoms with Crippen LogP contribution in [0.1, 0.15) is 21.5 Å². The van der Waals surface area contributed by atoms with E-state index in [1.54, 1.807) is 55.6 Å². The molecule has 1 N–H and O–H groups in total. The van der Waals surface area contributed by atoms with Crippen molar-refractivity contribution in [2.24, 2.45) is 0 Å². The molecule has 0 aromatic heterocycles. The van der Waals surface area contributed by atoms with Crippen molar-refractivity contribution in [3.63, 3.8) is 0 Å². The second kappa shape index (κ2) is 10.1. The summed E-state index contributed by atoms with van der Waals surface area (Å²) in [5.74, 6) is 1.46. The van der Waals surface area contributed by atoms with Gasteiger partial charge in [0.15, 0.2) is 0 Å². The SMILES string of the molecule is COc1ccc(C(=O)NCc2ccc(Cl)c(Oc3cc(Cl)cc(C#N)c3)c2)c(OC)c1. The molecule has 0 saturated heterocycles. The van der Waals surface area contributed by atoms with Gasteiger partial charge in [0.25, 0.3) is 5.91 Å². The minimum atomic E-state index is -0.301. The Morgan fingerprint density at radius 2 is 1.77 bits per heavy atom. The van der Waals surface area contributed by atoms with E-state index in [1.165, 1.54) is 13.2 Å². The first-order chi connectivity index (χ1) is 14.9. The Hall–Kier alpha value is -3.40. The highest BCUT2D eigenvalue weighted by atomic mass is 35.5. The van der Waals surface area contributed by atoms with Crippen molar-refractivity contribution >= 4 is 29.1 Å². The fourth-order valence-corrected chi connectivity index (χ4v) is 3.19. The quantitative estimate of drug-likeness (QED) is 0.499. The van der Waals surface area contributed by atoms with Crippen LogP contribution in [0.2, 0.25) is 10.0 Å². The van der Waals surface area contributed by atoms with Crippen molar-refractivity contribution in [2.75, 3.05) is 14.2 Å². The summed E-state index contributed by atoms with van der Waals surface area (Å²) < 4.78 is 16.2. The van der Waals surface area contributed by atoms with Crippen molar-refractivity contribution in [3.05, 3.63) is 81.3 Å². The lowest BCUT2D eigenvalue weighted by atomic mass is 10.1. The number of carbonyl (C=O) groups is 1. The van der Waals surface area contributed by atoms with Crippen LogP contribution in [0.25, 0.3) is 0 Å². The normalized spacial score (nSPS) is 10.2. The molecule has 0 aliphatic rings. The summed E-state index contributed by atoms with van der Waals surface area (Å²) in [6.45, 7) is 0.237. The highest BCUT2D eigenvalue weighted by molar-refractivity contribution is 6.32. The van der Waals surface area contributed by atoms with E-state index in [9.17, 15) is 4.79 Å². The van der Waals surface area contributed by atoms with Crippen LogP contribution in [-0.4, -0.2) is 20.1 Å². The molecule has 3 aromatic rings. The van der Waals surface area contributed by atoms with Crippen molar-refractivity contribution in [3.8, 4) is 29.1 Å². The Bertz CT molecular complexity index is 1160. The number of halogens is 2. The first-order valence-corrected chi connectivity index (χ1v) is 9.86. The molecule has 0 saturated carbocycles. The molecule has 0 unspecified atom stereocenters. The predicted octanol–water partition coefficient (Wildman–Crippen LogP) is 5.60. The number of nitriles is 1. The summed E-state index contributed by atoms with van der Waals surface area (Å²) in [6.07, 6.45) is 0. The summed E-state index contributed by atoms with van der Waals surface area (Å²) in [5.41, 5.74) is 1.52. The second-order valence-electron chi connectivity index (χ2n) is 6.40. The molecule has 0 atom stereocenters. The summed E-state index contributed by atoms with van der Waals surface area (Å²) in [7, 11) is 3.03. The lowest BCUT2D eigenvalue weighted by molar-refractivity contribution is 0.0947. The molecular formula is C23H18Cl2N2O4. The van der Waals surface area contributed by atoms with Gasteiger partial charge in [-0.3, -0.25) is 4.79 Å². The molecule has 31 heavy (non-hydrogen) atoms. The Balaban J connectivity index is 1.74. The highest BCUT2D eigenvalue weighted by Gasteiger charge is 2.14. The van der Waals surface area contributed by atoms with Crippen molar-refractivity contribution in [1.29, 1.82) is 5.26 Å². The Labute approximate surface area is 189 Å². The lowest BCUT2D eigenvalue weighted by Crippen LogP contribution is -2.23. The molecule has 0 fully saturated rings.